The third-order valence-electron chi connectivity index (χ3n) is 2.63. The Labute approximate surface area is 86.2 Å². The average Bonchev–Trinajstić information content (AvgIpc) is 2.15. The Hall–Kier alpha value is -0.390. The summed E-state index contributed by atoms with van der Waals surface area (Å²) in [4.78, 5) is 0. The van der Waals surface area contributed by atoms with Gasteiger partial charge >= 0.3 is 0 Å². The van der Waals surface area contributed by atoms with Crippen LogP contribution in [0.25, 0.3) is 0 Å². The monoisotopic (exact) mass is 218 g/mol. The van der Waals surface area contributed by atoms with Gasteiger partial charge in [-0.2, -0.15) is 0 Å². The van der Waals surface area contributed by atoms with E-state index >= 15 is 0 Å². The first-order valence-corrected chi connectivity index (χ1v) is 6.64. The van der Waals surface area contributed by atoms with Crippen molar-refractivity contribution in [3.63, 3.8) is 0 Å². The van der Waals surface area contributed by atoms with Gasteiger partial charge in [-0.1, -0.05) is 12.5 Å². The second kappa shape index (κ2) is 4.42. The lowest BCUT2D eigenvalue weighted by atomic mass is 10.0. The van der Waals surface area contributed by atoms with Gasteiger partial charge in [0.15, 0.2) is 0 Å². The molecule has 0 aromatic rings. The van der Waals surface area contributed by atoms with E-state index in [-0.39, 0.29) is 6.04 Å². The fourth-order valence-corrected chi connectivity index (χ4v) is 2.31. The van der Waals surface area contributed by atoms with Crippen LogP contribution in [0, 0.1) is 0 Å². The van der Waals surface area contributed by atoms with Crippen LogP contribution in [0.3, 0.4) is 0 Å². The van der Waals surface area contributed by atoms with Crippen molar-refractivity contribution in [1.82, 2.24) is 9.42 Å². The van der Waals surface area contributed by atoms with E-state index in [1.54, 1.807) is 7.05 Å². The van der Waals surface area contributed by atoms with Crippen LogP contribution in [0.1, 0.15) is 19.3 Å². The van der Waals surface area contributed by atoms with Crippen molar-refractivity contribution in [2.45, 2.75) is 25.3 Å². The van der Waals surface area contributed by atoms with Gasteiger partial charge in [0.1, 0.15) is 0 Å². The molecule has 1 atom stereocenters. The van der Waals surface area contributed by atoms with Crippen molar-refractivity contribution >= 4 is 10.0 Å². The highest BCUT2D eigenvalue weighted by atomic mass is 32.2. The van der Waals surface area contributed by atoms with Crippen LogP contribution in [-0.2, 0) is 10.0 Å². The molecule has 4 nitrogen and oxygen atoms in total. The normalized spacial score (nSPS) is 25.2. The fraction of sp³-hybridized carbons (Fsp3) is 0.778. The molecule has 0 aromatic carbocycles. The highest BCUT2D eigenvalue weighted by Gasteiger charge is 2.27. The number of rotatable bonds is 3. The van der Waals surface area contributed by atoms with Crippen molar-refractivity contribution in [1.29, 1.82) is 0 Å². The molecule has 0 spiro atoms. The molecule has 0 bridgehead atoms. The maximum absolute atomic E-state index is 11.3. The predicted octanol–water partition coefficient (Wildman–Crippen LogP) is 0.833. The largest absolute Gasteiger partial charge is 0.223 e. The highest BCUT2D eigenvalue weighted by Crippen LogP contribution is 2.20. The van der Waals surface area contributed by atoms with E-state index in [4.69, 9.17) is 0 Å². The smallest absolute Gasteiger partial charge is 0.222 e. The molecule has 1 saturated heterocycles. The molecule has 1 aliphatic heterocycles. The van der Waals surface area contributed by atoms with Gasteiger partial charge in [0.25, 0.3) is 0 Å². The molecule has 82 valence electrons. The molecule has 0 aliphatic carbocycles. The van der Waals surface area contributed by atoms with E-state index < -0.39 is 10.0 Å². The lowest BCUT2D eigenvalue weighted by Gasteiger charge is -2.38. The zero-order chi connectivity index (χ0) is 10.8. The standard InChI is InChI=1S/C9H18N2O2S/c1-4-9-7-5-6-8-11(9)10(2)14(3,12)13/h4,9H,1,5-8H2,2-3H3. The van der Waals surface area contributed by atoms with Crippen LogP contribution in [0.15, 0.2) is 12.7 Å². The molecule has 0 aromatic heterocycles. The Morgan fingerprint density at radius 2 is 2.14 bits per heavy atom. The summed E-state index contributed by atoms with van der Waals surface area (Å²) in [6.07, 6.45) is 6.22. The number of sulfonamides is 1. The van der Waals surface area contributed by atoms with E-state index in [0.29, 0.717) is 0 Å². The maximum atomic E-state index is 11.3. The van der Waals surface area contributed by atoms with E-state index in [9.17, 15) is 8.42 Å². The Kier molecular flexibility index (Phi) is 3.69. The minimum Gasteiger partial charge on any atom is -0.222 e. The Morgan fingerprint density at radius 1 is 1.50 bits per heavy atom. The van der Waals surface area contributed by atoms with Gasteiger partial charge in [-0.3, -0.25) is 0 Å². The zero-order valence-corrected chi connectivity index (χ0v) is 9.63. The first-order chi connectivity index (χ1) is 6.46. The summed E-state index contributed by atoms with van der Waals surface area (Å²) in [5, 5.41) is 1.87. The van der Waals surface area contributed by atoms with Gasteiger partial charge in [-0.25, -0.2) is 13.4 Å². The molecule has 5 heteroatoms. The third-order valence-corrected chi connectivity index (χ3v) is 3.80. The number of hydrogen-bond donors (Lipinski definition) is 0. The minimum absolute atomic E-state index is 0.156. The SMILES string of the molecule is C=CC1CCCCN1N(C)S(C)(=O)=O. The quantitative estimate of drug-likeness (QED) is 0.659. The molecule has 1 aliphatic rings. The topological polar surface area (TPSA) is 40.6 Å². The summed E-state index contributed by atoms with van der Waals surface area (Å²) >= 11 is 0. The summed E-state index contributed by atoms with van der Waals surface area (Å²) in [5.41, 5.74) is 0. The molecule has 0 N–H and O–H groups in total. The number of hydrogen-bond acceptors (Lipinski definition) is 3. The lowest BCUT2D eigenvalue weighted by Crippen LogP contribution is -2.50. The van der Waals surface area contributed by atoms with Crippen LogP contribution in [0.2, 0.25) is 0 Å². The van der Waals surface area contributed by atoms with E-state index in [1.807, 2.05) is 11.1 Å². The van der Waals surface area contributed by atoms with Crippen molar-refractivity contribution in [2.24, 2.45) is 0 Å². The Balaban J connectivity index is 2.78. The van der Waals surface area contributed by atoms with Gasteiger partial charge in [0.05, 0.1) is 6.26 Å². The van der Waals surface area contributed by atoms with Crippen molar-refractivity contribution in [3.05, 3.63) is 12.7 Å². The molecule has 14 heavy (non-hydrogen) atoms. The molecule has 1 heterocycles. The summed E-state index contributed by atoms with van der Waals surface area (Å²) in [6.45, 7) is 4.53. The summed E-state index contributed by atoms with van der Waals surface area (Å²) < 4.78 is 24.0. The molecule has 1 unspecified atom stereocenters. The van der Waals surface area contributed by atoms with Gasteiger partial charge < -0.3 is 0 Å². The summed E-state index contributed by atoms with van der Waals surface area (Å²) in [6, 6.07) is 0.156. The van der Waals surface area contributed by atoms with Crippen molar-refractivity contribution in [2.75, 3.05) is 19.8 Å². The summed E-state index contributed by atoms with van der Waals surface area (Å²) in [5.74, 6) is 0. The minimum atomic E-state index is -3.13. The van der Waals surface area contributed by atoms with Crippen LogP contribution in [-0.4, -0.2) is 43.7 Å². The van der Waals surface area contributed by atoms with Gasteiger partial charge in [-0.15, -0.1) is 11.0 Å². The van der Waals surface area contributed by atoms with Crippen molar-refractivity contribution < 1.29 is 8.42 Å². The van der Waals surface area contributed by atoms with E-state index in [0.717, 1.165) is 25.8 Å². The molecule has 1 rings (SSSR count). The predicted molar refractivity (Wildman–Crippen MR) is 57.1 cm³/mol. The van der Waals surface area contributed by atoms with Crippen LogP contribution < -0.4 is 0 Å². The van der Waals surface area contributed by atoms with E-state index in [2.05, 4.69) is 6.58 Å². The number of nitrogens with zero attached hydrogens (tertiary/aromatic N) is 2. The highest BCUT2D eigenvalue weighted by molar-refractivity contribution is 7.88. The first-order valence-electron chi connectivity index (χ1n) is 4.80. The van der Waals surface area contributed by atoms with Gasteiger partial charge in [0.2, 0.25) is 10.0 Å². The first kappa shape index (κ1) is 11.7. The van der Waals surface area contributed by atoms with Gasteiger partial charge in [-0.05, 0) is 12.8 Å². The van der Waals surface area contributed by atoms with Crippen LogP contribution in [0.5, 0.6) is 0 Å². The fourth-order valence-electron chi connectivity index (χ4n) is 1.72. The molecular formula is C9H18N2O2S. The number of piperidine rings is 1. The molecule has 0 saturated carbocycles. The second-order valence-electron chi connectivity index (χ2n) is 3.66. The lowest BCUT2D eigenvalue weighted by molar-refractivity contribution is 0.0281. The molecule has 0 amide bonds. The molecule has 0 radical (unpaired) electrons. The molecular weight excluding hydrogens is 200 g/mol. The number of hydrazine groups is 1. The van der Waals surface area contributed by atoms with Crippen molar-refractivity contribution in [3.8, 4) is 0 Å². The maximum Gasteiger partial charge on any atom is 0.223 e. The van der Waals surface area contributed by atoms with Crippen LogP contribution in [0.4, 0.5) is 0 Å². The average molecular weight is 218 g/mol. The van der Waals surface area contributed by atoms with Crippen LogP contribution >= 0.6 is 0 Å². The van der Waals surface area contributed by atoms with Gasteiger partial charge in [0, 0.05) is 19.6 Å². The Morgan fingerprint density at radius 3 is 2.64 bits per heavy atom. The third kappa shape index (κ3) is 2.56. The summed E-state index contributed by atoms with van der Waals surface area (Å²) in [7, 11) is -1.54. The molecule has 1 fully saturated rings. The van der Waals surface area contributed by atoms with E-state index in [1.165, 1.54) is 10.7 Å². The zero-order valence-electron chi connectivity index (χ0n) is 8.81. The second-order valence-corrected chi connectivity index (χ2v) is 5.65. The Bertz CT molecular complexity index is 300.